The number of hydrogen-bond donors (Lipinski definition) is 0. The van der Waals surface area contributed by atoms with Gasteiger partial charge in [0.25, 0.3) is 0 Å². The number of hydrogen-bond acceptors (Lipinski definition) is 4. The minimum absolute atomic E-state index is 0.0361. The van der Waals surface area contributed by atoms with Crippen molar-refractivity contribution in [2.24, 2.45) is 11.3 Å². The lowest BCUT2D eigenvalue weighted by Crippen LogP contribution is -2.67. The molecule has 5 nitrogen and oxygen atoms in total. The number of esters is 1. The Morgan fingerprint density at radius 2 is 1.85 bits per heavy atom. The molecule has 0 N–H and O–H groups in total. The van der Waals surface area contributed by atoms with Gasteiger partial charge in [-0.1, -0.05) is 66.6 Å². The Labute approximate surface area is 231 Å². The van der Waals surface area contributed by atoms with Crippen molar-refractivity contribution < 1.29 is 27.5 Å². The van der Waals surface area contributed by atoms with Crippen LogP contribution >= 0.6 is 11.6 Å². The third-order valence-electron chi connectivity index (χ3n) is 8.34. The highest BCUT2D eigenvalue weighted by molar-refractivity contribution is 6.31. The maximum absolute atomic E-state index is 13.6. The highest BCUT2D eigenvalue weighted by Crippen LogP contribution is 2.55. The van der Waals surface area contributed by atoms with Crippen molar-refractivity contribution in [1.29, 1.82) is 0 Å². The molecular weight excluding hydrogens is 529 g/mol. The van der Waals surface area contributed by atoms with Crippen LogP contribution in [0.3, 0.4) is 0 Å². The summed E-state index contributed by atoms with van der Waals surface area (Å²) in [6.45, 7) is 4.09. The Morgan fingerprint density at radius 1 is 1.15 bits per heavy atom. The van der Waals surface area contributed by atoms with Crippen molar-refractivity contribution in [3.63, 3.8) is 0 Å². The lowest BCUT2D eigenvalue weighted by Gasteiger charge is -2.61. The molecule has 0 radical (unpaired) electrons. The minimum Gasteiger partial charge on any atom is -0.465 e. The van der Waals surface area contributed by atoms with Crippen LogP contribution in [0.15, 0.2) is 54.1 Å². The molecule has 2 atom stereocenters. The number of rotatable bonds is 8. The summed E-state index contributed by atoms with van der Waals surface area (Å²) in [4.78, 5) is 27.6. The van der Waals surface area contributed by atoms with Crippen LogP contribution in [0.4, 0.5) is 13.2 Å². The van der Waals surface area contributed by atoms with Crippen LogP contribution in [0.1, 0.15) is 54.1 Å². The van der Waals surface area contributed by atoms with Crippen molar-refractivity contribution in [1.82, 2.24) is 9.80 Å². The number of amides is 1. The quantitative estimate of drug-likeness (QED) is 0.352. The number of halogens is 4. The molecule has 3 fully saturated rings. The highest BCUT2D eigenvalue weighted by atomic mass is 35.5. The van der Waals surface area contributed by atoms with E-state index in [4.69, 9.17) is 16.3 Å². The van der Waals surface area contributed by atoms with Gasteiger partial charge in [0, 0.05) is 42.7 Å². The smallest absolute Gasteiger partial charge is 0.465 e. The third-order valence-corrected chi connectivity index (χ3v) is 8.70. The first-order chi connectivity index (χ1) is 18.5. The molecule has 0 unspecified atom stereocenters. The zero-order valence-corrected chi connectivity index (χ0v) is 22.8. The third kappa shape index (κ3) is 5.73. The first-order valence-electron chi connectivity index (χ1n) is 13.3. The van der Waals surface area contributed by atoms with Gasteiger partial charge in [0.05, 0.1) is 12.7 Å². The van der Waals surface area contributed by atoms with Crippen molar-refractivity contribution in [2.75, 3.05) is 20.2 Å². The number of carbonyl (C=O) groups is 2. The van der Waals surface area contributed by atoms with Crippen molar-refractivity contribution in [3.8, 4) is 0 Å². The summed E-state index contributed by atoms with van der Waals surface area (Å²) in [5.41, 5.74) is 3.30. The fourth-order valence-electron chi connectivity index (χ4n) is 6.43. The normalized spacial score (nSPS) is 22.7. The maximum atomic E-state index is 13.6. The number of methoxy groups -OCH3 is 1. The molecule has 39 heavy (non-hydrogen) atoms. The van der Waals surface area contributed by atoms with Gasteiger partial charge in [-0.25, -0.2) is 4.79 Å². The fraction of sp³-hybridized carbons (Fsp3) is 0.467. The molecule has 1 saturated heterocycles. The molecule has 2 saturated carbocycles. The zero-order chi connectivity index (χ0) is 27.9. The van der Waals surface area contributed by atoms with Crippen LogP contribution in [-0.2, 0) is 16.1 Å². The van der Waals surface area contributed by atoms with E-state index < -0.39 is 30.1 Å². The van der Waals surface area contributed by atoms with Gasteiger partial charge in [0.2, 0.25) is 0 Å². The van der Waals surface area contributed by atoms with Gasteiger partial charge < -0.3 is 9.64 Å². The van der Waals surface area contributed by atoms with Crippen LogP contribution in [0.2, 0.25) is 5.02 Å². The number of carbonyl (C=O) groups excluding carboxylic acids is 2. The number of benzene rings is 2. The second-order valence-electron chi connectivity index (χ2n) is 11.1. The molecule has 1 heterocycles. The molecule has 0 bridgehead atoms. The van der Waals surface area contributed by atoms with Gasteiger partial charge in [-0.3, -0.25) is 9.69 Å². The van der Waals surface area contributed by atoms with Gasteiger partial charge in [-0.15, -0.1) is 0 Å². The number of likely N-dealkylation sites (tertiary alicyclic amines) is 1. The molecule has 9 heteroatoms. The van der Waals surface area contributed by atoms with Gasteiger partial charge in [0.15, 0.2) is 0 Å². The molecule has 1 spiro atoms. The Balaban J connectivity index is 1.21. The van der Waals surface area contributed by atoms with E-state index in [0.29, 0.717) is 36.4 Å². The summed E-state index contributed by atoms with van der Waals surface area (Å²) < 4.78 is 45.6. The van der Waals surface area contributed by atoms with E-state index in [1.807, 2.05) is 37.3 Å². The molecule has 208 valence electrons. The summed E-state index contributed by atoms with van der Waals surface area (Å²) in [6.07, 6.45) is -0.373. The molecule has 5 rings (SSSR count). The summed E-state index contributed by atoms with van der Waals surface area (Å²) in [5.74, 6) is -2.20. The number of alkyl halides is 3. The molecule has 3 aliphatic rings. The van der Waals surface area contributed by atoms with Crippen LogP contribution in [0, 0.1) is 11.3 Å². The summed E-state index contributed by atoms with van der Waals surface area (Å²) >= 11 is 6.37. The molecule has 2 aromatic rings. The average molecular weight is 561 g/mol. The molecule has 1 aliphatic heterocycles. The predicted molar refractivity (Wildman–Crippen MR) is 143 cm³/mol. The van der Waals surface area contributed by atoms with Gasteiger partial charge >= 0.3 is 18.1 Å². The topological polar surface area (TPSA) is 49.9 Å². The Bertz CT molecular complexity index is 1270. The zero-order valence-electron chi connectivity index (χ0n) is 22.0. The van der Waals surface area contributed by atoms with Gasteiger partial charge in [-0.2, -0.15) is 13.2 Å². The average Bonchev–Trinajstić information content (AvgIpc) is 3.65. The Kier molecular flexibility index (Phi) is 7.55. The van der Waals surface area contributed by atoms with E-state index in [-0.39, 0.29) is 11.3 Å². The second kappa shape index (κ2) is 10.6. The van der Waals surface area contributed by atoms with E-state index in [2.05, 4.69) is 11.0 Å². The van der Waals surface area contributed by atoms with Crippen molar-refractivity contribution in [3.05, 3.63) is 75.8 Å². The van der Waals surface area contributed by atoms with E-state index >= 15 is 0 Å². The SMILES string of the molecule is CC/C(=C\c1ccccc1)[C@@H]1C[C@H]1N(C(=O)C(F)(F)F)C1CC2(C1)CN(Cc1ccc(C(=O)OC)cc1Cl)C2. The maximum Gasteiger partial charge on any atom is 0.471 e. The van der Waals surface area contributed by atoms with E-state index in [9.17, 15) is 22.8 Å². The first kappa shape index (κ1) is 27.7. The van der Waals surface area contributed by atoms with Crippen molar-refractivity contribution >= 4 is 29.6 Å². The number of nitrogens with zero attached hydrogens (tertiary/aromatic N) is 2. The Morgan fingerprint density at radius 3 is 2.44 bits per heavy atom. The van der Waals surface area contributed by atoms with E-state index in [1.165, 1.54) is 7.11 Å². The standard InChI is InChI=1S/C30H32ClF3N2O3/c1-3-20(11-19-7-5-4-6-8-19)24-13-26(24)36(28(38)30(32,33)34)23-14-29(15-23)17-35(18-29)16-22-10-9-21(12-25(22)31)27(37)39-2/h4-12,23-24,26H,3,13-18H2,1-2H3/b20-11+/t24-,26+/m0/s1. The lowest BCUT2D eigenvalue weighted by atomic mass is 9.60. The monoisotopic (exact) mass is 560 g/mol. The minimum atomic E-state index is -4.88. The summed E-state index contributed by atoms with van der Waals surface area (Å²) in [7, 11) is 1.31. The highest BCUT2D eigenvalue weighted by Gasteiger charge is 2.61. The lowest BCUT2D eigenvalue weighted by molar-refractivity contribution is -0.197. The first-order valence-corrected chi connectivity index (χ1v) is 13.7. The van der Waals surface area contributed by atoms with E-state index in [1.54, 1.807) is 18.2 Å². The van der Waals surface area contributed by atoms with Crippen LogP contribution in [-0.4, -0.2) is 60.1 Å². The molecule has 0 aromatic heterocycles. The largest absolute Gasteiger partial charge is 0.471 e. The summed E-state index contributed by atoms with van der Waals surface area (Å²) in [6, 6.07) is 14.0. The van der Waals surface area contributed by atoms with Crippen LogP contribution in [0.25, 0.3) is 6.08 Å². The Hall–Kier alpha value is -2.84. The van der Waals surface area contributed by atoms with Gasteiger partial charge in [0.1, 0.15) is 0 Å². The molecule has 2 aliphatic carbocycles. The predicted octanol–water partition coefficient (Wildman–Crippen LogP) is 6.36. The van der Waals surface area contributed by atoms with Crippen molar-refractivity contribution in [2.45, 2.75) is 57.4 Å². The van der Waals surface area contributed by atoms with Gasteiger partial charge in [-0.05, 0) is 54.4 Å². The molecule has 1 amide bonds. The number of ether oxygens (including phenoxy) is 1. The van der Waals surface area contributed by atoms with Crippen LogP contribution in [0.5, 0.6) is 0 Å². The molecule has 2 aromatic carbocycles. The fourth-order valence-corrected chi connectivity index (χ4v) is 6.67. The second-order valence-corrected chi connectivity index (χ2v) is 11.5. The van der Waals surface area contributed by atoms with E-state index in [0.717, 1.165) is 41.1 Å². The van der Waals surface area contributed by atoms with Crippen LogP contribution < -0.4 is 0 Å². The molecular formula is C30H32ClF3N2O3. The summed E-state index contributed by atoms with van der Waals surface area (Å²) in [5, 5.41) is 0.474.